The van der Waals surface area contributed by atoms with Crippen LogP contribution >= 0.6 is 0 Å². The molecular formula is C16H21NO3. The second-order valence-electron chi connectivity index (χ2n) is 4.60. The summed E-state index contributed by atoms with van der Waals surface area (Å²) in [5.74, 6) is 2.46. The van der Waals surface area contributed by atoms with E-state index >= 15 is 0 Å². The third-order valence-corrected chi connectivity index (χ3v) is 3.28. The van der Waals surface area contributed by atoms with Crippen LogP contribution in [0.5, 0.6) is 11.5 Å². The Hall–Kier alpha value is -1.94. The van der Waals surface area contributed by atoms with E-state index in [4.69, 9.17) is 13.9 Å². The third kappa shape index (κ3) is 2.96. The van der Waals surface area contributed by atoms with Crippen molar-refractivity contribution < 1.29 is 13.9 Å². The third-order valence-electron chi connectivity index (χ3n) is 3.28. The van der Waals surface area contributed by atoms with Crippen LogP contribution in [0.2, 0.25) is 0 Å². The molecule has 1 atom stereocenters. The van der Waals surface area contributed by atoms with Gasteiger partial charge >= 0.3 is 0 Å². The summed E-state index contributed by atoms with van der Waals surface area (Å²) in [6.45, 7) is 4.95. The van der Waals surface area contributed by atoms with Crippen LogP contribution in [0.1, 0.15) is 29.9 Å². The first-order valence-electron chi connectivity index (χ1n) is 6.70. The molecule has 0 amide bonds. The molecule has 1 aromatic carbocycles. The van der Waals surface area contributed by atoms with Crippen LogP contribution in [0.4, 0.5) is 0 Å². The lowest BCUT2D eigenvalue weighted by molar-refractivity contribution is 0.390. The van der Waals surface area contributed by atoms with Gasteiger partial charge in [0.25, 0.3) is 0 Å². The fraction of sp³-hybridized carbons (Fsp3) is 0.375. The van der Waals surface area contributed by atoms with Crippen LogP contribution in [-0.2, 0) is 0 Å². The first-order chi connectivity index (χ1) is 9.69. The van der Waals surface area contributed by atoms with E-state index in [1.165, 1.54) is 0 Å². The van der Waals surface area contributed by atoms with Gasteiger partial charge in [-0.3, -0.25) is 0 Å². The fourth-order valence-electron chi connectivity index (χ4n) is 2.24. The van der Waals surface area contributed by atoms with Gasteiger partial charge in [-0.25, -0.2) is 0 Å². The van der Waals surface area contributed by atoms with Gasteiger partial charge in [0.1, 0.15) is 17.3 Å². The highest BCUT2D eigenvalue weighted by atomic mass is 16.5. The summed E-state index contributed by atoms with van der Waals surface area (Å²) in [4.78, 5) is 0. The minimum Gasteiger partial charge on any atom is -0.497 e. The molecule has 1 unspecified atom stereocenters. The zero-order valence-electron chi connectivity index (χ0n) is 12.4. The Morgan fingerprint density at radius 1 is 1.15 bits per heavy atom. The molecular weight excluding hydrogens is 254 g/mol. The monoisotopic (exact) mass is 275 g/mol. The number of furan rings is 1. The zero-order chi connectivity index (χ0) is 14.5. The summed E-state index contributed by atoms with van der Waals surface area (Å²) < 4.78 is 16.3. The summed E-state index contributed by atoms with van der Waals surface area (Å²) in [5, 5.41) is 3.44. The van der Waals surface area contributed by atoms with Crippen molar-refractivity contribution >= 4 is 0 Å². The SMILES string of the molecule is CCNC(c1cc(OC)cc(OC)c1)c1occc1C. The van der Waals surface area contributed by atoms with E-state index in [1.54, 1.807) is 20.5 Å². The molecule has 0 bridgehead atoms. The van der Waals surface area contributed by atoms with E-state index in [9.17, 15) is 0 Å². The second kappa shape index (κ2) is 6.48. The first-order valence-corrected chi connectivity index (χ1v) is 6.70. The molecule has 2 rings (SSSR count). The van der Waals surface area contributed by atoms with Crippen molar-refractivity contribution in [3.05, 3.63) is 47.4 Å². The van der Waals surface area contributed by atoms with Crippen LogP contribution in [0.3, 0.4) is 0 Å². The molecule has 4 nitrogen and oxygen atoms in total. The van der Waals surface area contributed by atoms with Crippen molar-refractivity contribution in [1.29, 1.82) is 0 Å². The van der Waals surface area contributed by atoms with Crippen LogP contribution in [0.15, 0.2) is 34.9 Å². The normalized spacial score (nSPS) is 12.2. The number of hydrogen-bond donors (Lipinski definition) is 1. The molecule has 0 saturated carbocycles. The number of benzene rings is 1. The molecule has 0 spiro atoms. The zero-order valence-corrected chi connectivity index (χ0v) is 12.4. The van der Waals surface area contributed by atoms with Gasteiger partial charge in [0.15, 0.2) is 0 Å². The predicted molar refractivity (Wildman–Crippen MR) is 78.5 cm³/mol. The molecule has 20 heavy (non-hydrogen) atoms. The summed E-state index contributed by atoms with van der Waals surface area (Å²) in [5.41, 5.74) is 2.18. The molecule has 0 radical (unpaired) electrons. The molecule has 4 heteroatoms. The molecule has 0 aliphatic rings. The smallest absolute Gasteiger partial charge is 0.128 e. The standard InChI is InChI=1S/C16H21NO3/c1-5-17-15(16-11(2)6-7-20-16)12-8-13(18-3)10-14(9-12)19-4/h6-10,15,17H,5H2,1-4H3. The Morgan fingerprint density at radius 2 is 1.80 bits per heavy atom. The summed E-state index contributed by atoms with van der Waals surface area (Å²) >= 11 is 0. The lowest BCUT2D eigenvalue weighted by Crippen LogP contribution is -2.22. The number of rotatable bonds is 6. The average Bonchev–Trinajstić information content (AvgIpc) is 2.90. The first kappa shape index (κ1) is 14.5. The Kier molecular flexibility index (Phi) is 4.69. The van der Waals surface area contributed by atoms with E-state index in [-0.39, 0.29) is 6.04 Å². The van der Waals surface area contributed by atoms with E-state index in [0.717, 1.165) is 34.9 Å². The number of nitrogens with one attached hydrogen (secondary N) is 1. The van der Waals surface area contributed by atoms with Gasteiger partial charge < -0.3 is 19.2 Å². The van der Waals surface area contributed by atoms with Gasteiger partial charge in [-0.15, -0.1) is 0 Å². The molecule has 0 saturated heterocycles. The highest BCUT2D eigenvalue weighted by Gasteiger charge is 2.20. The number of aryl methyl sites for hydroxylation is 1. The molecule has 0 aliphatic carbocycles. The highest BCUT2D eigenvalue weighted by molar-refractivity contribution is 5.42. The molecule has 1 heterocycles. The summed E-state index contributed by atoms with van der Waals surface area (Å²) in [6, 6.07) is 7.81. The molecule has 0 aliphatic heterocycles. The highest BCUT2D eigenvalue weighted by Crippen LogP contribution is 2.31. The van der Waals surface area contributed by atoms with E-state index in [0.29, 0.717) is 0 Å². The van der Waals surface area contributed by atoms with Gasteiger partial charge in [0, 0.05) is 6.07 Å². The summed E-state index contributed by atoms with van der Waals surface area (Å²) in [6.07, 6.45) is 1.71. The van der Waals surface area contributed by atoms with Gasteiger partial charge in [0.05, 0.1) is 26.5 Å². The maximum absolute atomic E-state index is 5.64. The predicted octanol–water partition coefficient (Wildman–Crippen LogP) is 3.30. The lowest BCUT2D eigenvalue weighted by atomic mass is 10.0. The van der Waals surface area contributed by atoms with Gasteiger partial charge in [-0.1, -0.05) is 6.92 Å². The molecule has 0 fully saturated rings. The average molecular weight is 275 g/mol. The largest absolute Gasteiger partial charge is 0.497 e. The van der Waals surface area contributed by atoms with Crippen LogP contribution in [-0.4, -0.2) is 20.8 Å². The molecule has 1 N–H and O–H groups in total. The second-order valence-corrected chi connectivity index (χ2v) is 4.60. The Morgan fingerprint density at radius 3 is 2.25 bits per heavy atom. The van der Waals surface area contributed by atoms with E-state index in [2.05, 4.69) is 12.2 Å². The number of hydrogen-bond acceptors (Lipinski definition) is 4. The van der Waals surface area contributed by atoms with Gasteiger partial charge in [-0.05, 0) is 42.8 Å². The Balaban J connectivity index is 2.46. The van der Waals surface area contributed by atoms with Crippen molar-refractivity contribution in [2.45, 2.75) is 19.9 Å². The van der Waals surface area contributed by atoms with E-state index < -0.39 is 0 Å². The molecule has 1 aromatic heterocycles. The maximum Gasteiger partial charge on any atom is 0.128 e. The van der Waals surface area contributed by atoms with E-state index in [1.807, 2.05) is 31.2 Å². The van der Waals surface area contributed by atoms with Crippen LogP contribution in [0, 0.1) is 6.92 Å². The van der Waals surface area contributed by atoms with Crippen LogP contribution < -0.4 is 14.8 Å². The van der Waals surface area contributed by atoms with Crippen molar-refractivity contribution in [3.8, 4) is 11.5 Å². The molecule has 2 aromatic rings. The minimum absolute atomic E-state index is 0.0148. The Bertz CT molecular complexity index is 540. The van der Waals surface area contributed by atoms with Crippen LogP contribution in [0.25, 0.3) is 0 Å². The topological polar surface area (TPSA) is 43.6 Å². The van der Waals surface area contributed by atoms with Crippen molar-refractivity contribution in [1.82, 2.24) is 5.32 Å². The van der Waals surface area contributed by atoms with Crippen molar-refractivity contribution in [3.63, 3.8) is 0 Å². The summed E-state index contributed by atoms with van der Waals surface area (Å²) in [7, 11) is 3.30. The maximum atomic E-state index is 5.64. The van der Waals surface area contributed by atoms with Crippen molar-refractivity contribution in [2.24, 2.45) is 0 Å². The lowest BCUT2D eigenvalue weighted by Gasteiger charge is -2.19. The van der Waals surface area contributed by atoms with Gasteiger partial charge in [0.2, 0.25) is 0 Å². The Labute approximate surface area is 119 Å². The fourth-order valence-corrected chi connectivity index (χ4v) is 2.24. The number of methoxy groups -OCH3 is 2. The van der Waals surface area contributed by atoms with Crippen molar-refractivity contribution in [2.75, 3.05) is 20.8 Å². The quantitative estimate of drug-likeness (QED) is 0.878. The molecule has 108 valence electrons. The number of ether oxygens (including phenoxy) is 2. The van der Waals surface area contributed by atoms with Gasteiger partial charge in [-0.2, -0.15) is 0 Å². The minimum atomic E-state index is -0.0148.